The number of alkyl halides is 6. The minimum atomic E-state index is -4.46. The van der Waals surface area contributed by atoms with Crippen molar-refractivity contribution in [3.63, 3.8) is 0 Å². The Morgan fingerprint density at radius 3 is 1.16 bits per heavy atom. The number of hydrogen-bond donors (Lipinski definition) is 2. The second-order valence-corrected chi connectivity index (χ2v) is 6.81. The Morgan fingerprint density at radius 1 is 0.500 bits per heavy atom. The molecule has 4 nitrogen and oxygen atoms in total. The molecule has 1 heterocycles. The van der Waals surface area contributed by atoms with Gasteiger partial charge in [0.15, 0.2) is 11.6 Å². The third-order valence-corrected chi connectivity index (χ3v) is 4.52. The van der Waals surface area contributed by atoms with Crippen molar-refractivity contribution >= 4 is 34.0 Å². The molecule has 10 heteroatoms. The van der Waals surface area contributed by atoms with E-state index in [1.54, 1.807) is 24.3 Å². The molecular formula is C22H14F6N4. The first kappa shape index (κ1) is 21.4. The summed E-state index contributed by atoms with van der Waals surface area (Å²) in [5.74, 6) is 0.395. The zero-order valence-corrected chi connectivity index (χ0v) is 16.1. The average Bonchev–Trinajstić information content (AvgIpc) is 2.73. The van der Waals surface area contributed by atoms with Gasteiger partial charge in [0.05, 0.1) is 22.2 Å². The van der Waals surface area contributed by atoms with Crippen LogP contribution in [0.5, 0.6) is 0 Å². The number of fused-ring (bicyclic) bond motifs is 1. The van der Waals surface area contributed by atoms with E-state index in [0.29, 0.717) is 22.4 Å². The summed E-state index contributed by atoms with van der Waals surface area (Å²) in [5, 5.41) is 5.83. The van der Waals surface area contributed by atoms with Crippen LogP contribution in [0.1, 0.15) is 11.1 Å². The van der Waals surface area contributed by atoms with Crippen LogP contribution in [0.25, 0.3) is 11.0 Å². The van der Waals surface area contributed by atoms with Crippen molar-refractivity contribution in [2.45, 2.75) is 12.4 Å². The monoisotopic (exact) mass is 448 g/mol. The highest BCUT2D eigenvalue weighted by molar-refractivity contribution is 5.83. The highest BCUT2D eigenvalue weighted by atomic mass is 19.4. The molecule has 0 aliphatic carbocycles. The van der Waals surface area contributed by atoms with Crippen LogP contribution in [-0.4, -0.2) is 9.97 Å². The Morgan fingerprint density at radius 2 is 0.844 bits per heavy atom. The van der Waals surface area contributed by atoms with Gasteiger partial charge in [-0.05, 0) is 60.7 Å². The van der Waals surface area contributed by atoms with Gasteiger partial charge in [-0.3, -0.25) is 0 Å². The molecule has 4 rings (SSSR count). The Kier molecular flexibility index (Phi) is 5.37. The number of halogens is 6. The van der Waals surface area contributed by atoms with Crippen LogP contribution in [0.15, 0.2) is 72.8 Å². The number of para-hydroxylation sites is 2. The quantitative estimate of drug-likeness (QED) is 0.326. The molecule has 0 radical (unpaired) electrons. The lowest BCUT2D eigenvalue weighted by atomic mass is 10.2. The normalized spacial score (nSPS) is 12.1. The standard InChI is InChI=1S/C22H14F6N4/c23-21(24,25)13-5-9-15(10-6-13)29-19-20(32-18-4-2-1-3-17(18)31-19)30-16-11-7-14(8-12-16)22(26,27)28/h1-12H,(H,29,31)(H,30,32). The van der Waals surface area contributed by atoms with Crippen molar-refractivity contribution in [3.8, 4) is 0 Å². The van der Waals surface area contributed by atoms with Crippen LogP contribution in [0.3, 0.4) is 0 Å². The van der Waals surface area contributed by atoms with Gasteiger partial charge in [0.25, 0.3) is 0 Å². The summed E-state index contributed by atoms with van der Waals surface area (Å²) in [6.07, 6.45) is -8.92. The number of aromatic nitrogens is 2. The van der Waals surface area contributed by atoms with E-state index in [2.05, 4.69) is 20.6 Å². The third-order valence-electron chi connectivity index (χ3n) is 4.52. The van der Waals surface area contributed by atoms with E-state index in [1.165, 1.54) is 24.3 Å². The molecule has 0 spiro atoms. The molecule has 32 heavy (non-hydrogen) atoms. The first-order valence-corrected chi connectivity index (χ1v) is 9.25. The molecule has 0 atom stereocenters. The number of rotatable bonds is 4. The Labute approximate surface area is 177 Å². The van der Waals surface area contributed by atoms with Crippen molar-refractivity contribution < 1.29 is 26.3 Å². The Hall–Kier alpha value is -3.82. The van der Waals surface area contributed by atoms with Gasteiger partial charge in [0, 0.05) is 11.4 Å². The number of anilines is 4. The van der Waals surface area contributed by atoms with E-state index >= 15 is 0 Å². The fourth-order valence-electron chi connectivity index (χ4n) is 2.93. The smallest absolute Gasteiger partial charge is 0.337 e. The molecular weight excluding hydrogens is 434 g/mol. The summed E-state index contributed by atoms with van der Waals surface area (Å²) >= 11 is 0. The molecule has 0 aliphatic heterocycles. The van der Waals surface area contributed by atoms with Gasteiger partial charge in [-0.15, -0.1) is 0 Å². The Bertz CT molecular complexity index is 1130. The fraction of sp³-hybridized carbons (Fsp3) is 0.0909. The van der Waals surface area contributed by atoms with Crippen molar-refractivity contribution in [2.24, 2.45) is 0 Å². The molecule has 0 unspecified atom stereocenters. The number of hydrogen-bond acceptors (Lipinski definition) is 4. The second kappa shape index (κ2) is 8.03. The molecule has 164 valence electrons. The van der Waals surface area contributed by atoms with E-state index in [1.807, 2.05) is 0 Å². The largest absolute Gasteiger partial charge is 0.416 e. The van der Waals surface area contributed by atoms with Gasteiger partial charge in [0.1, 0.15) is 0 Å². The molecule has 3 aromatic carbocycles. The van der Waals surface area contributed by atoms with E-state index in [4.69, 9.17) is 0 Å². The van der Waals surface area contributed by atoms with E-state index in [0.717, 1.165) is 24.3 Å². The van der Waals surface area contributed by atoms with Crippen LogP contribution in [0.4, 0.5) is 49.4 Å². The van der Waals surface area contributed by atoms with Gasteiger partial charge in [-0.2, -0.15) is 26.3 Å². The lowest BCUT2D eigenvalue weighted by molar-refractivity contribution is -0.138. The number of nitrogens with zero attached hydrogens (tertiary/aromatic N) is 2. The zero-order chi connectivity index (χ0) is 22.9. The predicted molar refractivity (Wildman–Crippen MR) is 109 cm³/mol. The number of nitrogens with one attached hydrogen (secondary N) is 2. The minimum Gasteiger partial charge on any atom is -0.337 e. The summed E-state index contributed by atoms with van der Waals surface area (Å²) < 4.78 is 76.8. The molecule has 0 fully saturated rings. The predicted octanol–water partition coefficient (Wildman–Crippen LogP) is 7.15. The lowest BCUT2D eigenvalue weighted by Crippen LogP contribution is -2.06. The topological polar surface area (TPSA) is 49.8 Å². The molecule has 2 N–H and O–H groups in total. The Balaban J connectivity index is 1.67. The fourth-order valence-corrected chi connectivity index (χ4v) is 2.93. The SMILES string of the molecule is FC(F)(F)c1ccc(Nc2nc3ccccc3nc2Nc2ccc(C(F)(F)F)cc2)cc1. The van der Waals surface area contributed by atoms with Crippen molar-refractivity contribution in [3.05, 3.63) is 83.9 Å². The molecule has 0 amide bonds. The van der Waals surface area contributed by atoms with Crippen LogP contribution < -0.4 is 10.6 Å². The summed E-state index contributed by atoms with van der Waals surface area (Å²) in [4.78, 5) is 8.91. The summed E-state index contributed by atoms with van der Waals surface area (Å²) in [6, 6.07) is 15.7. The summed E-state index contributed by atoms with van der Waals surface area (Å²) in [5.41, 5.74) is 0.127. The highest BCUT2D eigenvalue weighted by Crippen LogP contribution is 2.33. The maximum atomic E-state index is 12.8. The van der Waals surface area contributed by atoms with Crippen molar-refractivity contribution in [2.75, 3.05) is 10.6 Å². The van der Waals surface area contributed by atoms with Gasteiger partial charge >= 0.3 is 12.4 Å². The van der Waals surface area contributed by atoms with Crippen molar-refractivity contribution in [1.82, 2.24) is 9.97 Å². The molecule has 4 aromatic rings. The molecule has 0 saturated carbocycles. The van der Waals surface area contributed by atoms with Crippen LogP contribution >= 0.6 is 0 Å². The van der Waals surface area contributed by atoms with Crippen LogP contribution in [0.2, 0.25) is 0 Å². The second-order valence-electron chi connectivity index (χ2n) is 6.81. The van der Waals surface area contributed by atoms with Crippen LogP contribution in [-0.2, 0) is 12.4 Å². The molecule has 0 saturated heterocycles. The lowest BCUT2D eigenvalue weighted by Gasteiger charge is -2.15. The van der Waals surface area contributed by atoms with Crippen molar-refractivity contribution in [1.29, 1.82) is 0 Å². The average molecular weight is 448 g/mol. The minimum absolute atomic E-state index is 0.198. The summed E-state index contributed by atoms with van der Waals surface area (Å²) in [6.45, 7) is 0. The number of benzene rings is 3. The highest BCUT2D eigenvalue weighted by Gasteiger charge is 2.30. The maximum Gasteiger partial charge on any atom is 0.416 e. The molecule has 0 aliphatic rings. The molecule has 0 bridgehead atoms. The van der Waals surface area contributed by atoms with Gasteiger partial charge in [-0.25, -0.2) is 9.97 Å². The van der Waals surface area contributed by atoms with Crippen LogP contribution in [0, 0.1) is 0 Å². The van der Waals surface area contributed by atoms with Gasteiger partial charge in [0.2, 0.25) is 0 Å². The van der Waals surface area contributed by atoms with E-state index in [9.17, 15) is 26.3 Å². The summed E-state index contributed by atoms with van der Waals surface area (Å²) in [7, 11) is 0. The molecule has 1 aromatic heterocycles. The first-order valence-electron chi connectivity index (χ1n) is 9.25. The van der Waals surface area contributed by atoms with Gasteiger partial charge in [-0.1, -0.05) is 12.1 Å². The zero-order valence-electron chi connectivity index (χ0n) is 16.1. The van der Waals surface area contributed by atoms with Gasteiger partial charge < -0.3 is 10.6 Å². The maximum absolute atomic E-state index is 12.8. The first-order chi connectivity index (χ1) is 15.1. The van der Waals surface area contributed by atoms with E-state index < -0.39 is 23.5 Å². The van der Waals surface area contributed by atoms with E-state index in [-0.39, 0.29) is 11.6 Å². The third kappa shape index (κ3) is 4.74.